The van der Waals surface area contributed by atoms with Gasteiger partial charge < -0.3 is 10.1 Å². The first kappa shape index (κ1) is 23.9. The molecular weight excluding hydrogens is 464 g/mol. The average Bonchev–Trinajstić information content (AvgIpc) is 3.20. The van der Waals surface area contributed by atoms with Crippen molar-refractivity contribution in [2.45, 2.75) is 24.8 Å². The van der Waals surface area contributed by atoms with Gasteiger partial charge in [0.05, 0.1) is 12.7 Å². The second-order valence-electron chi connectivity index (χ2n) is 9.43. The van der Waals surface area contributed by atoms with Gasteiger partial charge in [0, 0.05) is 29.9 Å². The van der Waals surface area contributed by atoms with Crippen LogP contribution in [-0.4, -0.2) is 43.6 Å². The number of carbonyl (C=O) groups excluding carboxylic acids is 2. The Balaban J connectivity index is 1.29. The minimum atomic E-state index is -0.375. The van der Waals surface area contributed by atoms with E-state index in [2.05, 4.69) is 10.2 Å². The molecule has 36 heavy (non-hydrogen) atoms. The molecular formula is C28H27F2N3O3. The lowest BCUT2D eigenvalue weighted by atomic mass is 9.74. The molecule has 0 aromatic heterocycles. The summed E-state index contributed by atoms with van der Waals surface area (Å²) in [5.41, 5.74) is 3.35. The topological polar surface area (TPSA) is 61.9 Å². The van der Waals surface area contributed by atoms with Crippen molar-refractivity contribution in [2.24, 2.45) is 0 Å². The maximum absolute atomic E-state index is 14.3. The number of esters is 1. The highest BCUT2D eigenvalue weighted by atomic mass is 19.1. The maximum atomic E-state index is 14.3. The van der Waals surface area contributed by atoms with Gasteiger partial charge in [-0.3, -0.25) is 9.80 Å². The van der Waals surface area contributed by atoms with Crippen molar-refractivity contribution < 1.29 is 23.1 Å². The van der Waals surface area contributed by atoms with E-state index in [4.69, 9.17) is 4.74 Å². The highest BCUT2D eigenvalue weighted by Crippen LogP contribution is 2.47. The number of nitrogens with zero attached hydrogens (tertiary/aromatic N) is 2. The second-order valence-corrected chi connectivity index (χ2v) is 9.43. The summed E-state index contributed by atoms with van der Waals surface area (Å²) in [6, 6.07) is 17.3. The fourth-order valence-electron chi connectivity index (χ4n) is 5.24. The van der Waals surface area contributed by atoms with Gasteiger partial charge in [-0.15, -0.1) is 0 Å². The van der Waals surface area contributed by atoms with E-state index >= 15 is 0 Å². The number of methoxy groups -OCH3 is 1. The number of halogens is 2. The van der Waals surface area contributed by atoms with E-state index in [1.807, 2.05) is 12.1 Å². The van der Waals surface area contributed by atoms with E-state index in [-0.39, 0.29) is 29.0 Å². The maximum Gasteiger partial charge on any atom is 0.337 e. The zero-order chi connectivity index (χ0) is 25.3. The second kappa shape index (κ2) is 9.70. The van der Waals surface area contributed by atoms with Crippen LogP contribution in [0.5, 0.6) is 0 Å². The van der Waals surface area contributed by atoms with E-state index < -0.39 is 0 Å². The number of hydrogen-bond donors (Lipinski definition) is 1. The highest BCUT2D eigenvalue weighted by molar-refractivity contribution is 6.03. The standard InChI is InChI=1S/C28H27F2N3O3/c1-36-26(34)20-4-2-19(3-5-20)17-32-14-12-28(13-15-32)18-33(25-11-8-22(30)16-24(25)28)27(35)31-23-9-6-21(29)7-10-23/h2-11,16H,12-15,17-18H2,1H3,(H,31,35). The van der Waals surface area contributed by atoms with Crippen LogP contribution in [0.2, 0.25) is 0 Å². The molecule has 0 atom stereocenters. The smallest absolute Gasteiger partial charge is 0.337 e. The van der Waals surface area contributed by atoms with Gasteiger partial charge >= 0.3 is 12.0 Å². The first-order valence-electron chi connectivity index (χ1n) is 11.9. The molecule has 2 aliphatic rings. The molecule has 2 amide bonds. The Morgan fingerprint density at radius 3 is 2.28 bits per heavy atom. The first-order chi connectivity index (χ1) is 17.4. The summed E-state index contributed by atoms with van der Waals surface area (Å²) in [5.74, 6) is -1.05. The minimum Gasteiger partial charge on any atom is -0.465 e. The van der Waals surface area contributed by atoms with Gasteiger partial charge in [0.15, 0.2) is 0 Å². The summed E-state index contributed by atoms with van der Waals surface area (Å²) in [7, 11) is 1.36. The summed E-state index contributed by atoms with van der Waals surface area (Å²) in [4.78, 5) is 28.8. The number of anilines is 2. The third kappa shape index (κ3) is 4.68. The molecule has 3 aromatic rings. The number of carbonyl (C=O) groups is 2. The van der Waals surface area contributed by atoms with E-state index in [1.54, 1.807) is 29.2 Å². The van der Waals surface area contributed by atoms with Crippen molar-refractivity contribution in [3.8, 4) is 0 Å². The lowest BCUT2D eigenvalue weighted by Gasteiger charge is -2.40. The Kier molecular flexibility index (Phi) is 6.45. The van der Waals surface area contributed by atoms with Crippen molar-refractivity contribution in [1.82, 2.24) is 4.90 Å². The number of fused-ring (bicyclic) bond motifs is 2. The van der Waals surface area contributed by atoms with Crippen LogP contribution in [-0.2, 0) is 16.7 Å². The molecule has 0 unspecified atom stereocenters. The molecule has 8 heteroatoms. The zero-order valence-corrected chi connectivity index (χ0v) is 20.0. The highest BCUT2D eigenvalue weighted by Gasteiger charge is 2.46. The predicted molar refractivity (Wildman–Crippen MR) is 133 cm³/mol. The van der Waals surface area contributed by atoms with Crippen molar-refractivity contribution in [3.63, 3.8) is 0 Å². The summed E-state index contributed by atoms with van der Waals surface area (Å²) in [6.45, 7) is 2.78. The normalized spacial score (nSPS) is 16.6. The Morgan fingerprint density at radius 2 is 1.61 bits per heavy atom. The molecule has 0 bridgehead atoms. The summed E-state index contributed by atoms with van der Waals surface area (Å²) in [5, 5.41) is 2.83. The number of amides is 2. The fourth-order valence-corrected chi connectivity index (χ4v) is 5.24. The molecule has 1 N–H and O–H groups in total. The van der Waals surface area contributed by atoms with Gasteiger partial charge in [0.2, 0.25) is 0 Å². The number of piperidine rings is 1. The zero-order valence-electron chi connectivity index (χ0n) is 20.0. The third-order valence-electron chi connectivity index (χ3n) is 7.22. The molecule has 2 heterocycles. The van der Waals surface area contributed by atoms with Crippen molar-refractivity contribution >= 4 is 23.4 Å². The van der Waals surface area contributed by atoms with Crippen LogP contribution < -0.4 is 10.2 Å². The van der Waals surface area contributed by atoms with Gasteiger partial charge in [-0.05, 0) is 91.7 Å². The average molecular weight is 492 g/mol. The van der Waals surface area contributed by atoms with Gasteiger partial charge in [0.25, 0.3) is 0 Å². The molecule has 5 rings (SSSR count). The van der Waals surface area contributed by atoms with E-state index in [0.29, 0.717) is 23.5 Å². The molecule has 2 aliphatic heterocycles. The van der Waals surface area contributed by atoms with Crippen LogP contribution in [0.4, 0.5) is 25.0 Å². The Labute approximate surface area is 208 Å². The lowest BCUT2D eigenvalue weighted by molar-refractivity contribution is 0.0600. The molecule has 1 spiro atoms. The van der Waals surface area contributed by atoms with Crippen molar-refractivity contribution in [1.29, 1.82) is 0 Å². The van der Waals surface area contributed by atoms with Gasteiger partial charge in [-0.25, -0.2) is 18.4 Å². The molecule has 0 saturated carbocycles. The number of urea groups is 1. The van der Waals surface area contributed by atoms with Crippen molar-refractivity contribution in [2.75, 3.05) is 37.0 Å². The van der Waals surface area contributed by atoms with Crippen LogP contribution in [0.3, 0.4) is 0 Å². The third-order valence-corrected chi connectivity index (χ3v) is 7.22. The Morgan fingerprint density at radius 1 is 0.944 bits per heavy atom. The summed E-state index contributed by atoms with van der Waals surface area (Å²) >= 11 is 0. The minimum absolute atomic E-state index is 0.318. The quantitative estimate of drug-likeness (QED) is 0.501. The molecule has 6 nitrogen and oxygen atoms in total. The number of hydrogen-bond acceptors (Lipinski definition) is 4. The lowest BCUT2D eigenvalue weighted by Crippen LogP contribution is -2.46. The largest absolute Gasteiger partial charge is 0.465 e. The Bertz CT molecular complexity index is 1270. The first-order valence-corrected chi connectivity index (χ1v) is 11.9. The van der Waals surface area contributed by atoms with Crippen LogP contribution in [0.25, 0.3) is 0 Å². The number of rotatable bonds is 4. The van der Waals surface area contributed by atoms with Crippen LogP contribution >= 0.6 is 0 Å². The molecule has 3 aromatic carbocycles. The molecule has 0 radical (unpaired) electrons. The van der Waals surface area contributed by atoms with Crippen LogP contribution in [0.1, 0.15) is 34.3 Å². The van der Waals surface area contributed by atoms with E-state index in [9.17, 15) is 18.4 Å². The van der Waals surface area contributed by atoms with Gasteiger partial charge in [0.1, 0.15) is 11.6 Å². The monoisotopic (exact) mass is 491 g/mol. The molecule has 0 aliphatic carbocycles. The van der Waals surface area contributed by atoms with E-state index in [0.717, 1.165) is 43.6 Å². The Hall–Kier alpha value is -3.78. The van der Waals surface area contributed by atoms with Crippen LogP contribution in [0.15, 0.2) is 66.7 Å². The van der Waals surface area contributed by atoms with Gasteiger partial charge in [-0.1, -0.05) is 12.1 Å². The summed E-state index contributed by atoms with van der Waals surface area (Å²) < 4.78 is 32.3. The molecule has 1 saturated heterocycles. The number of nitrogens with one attached hydrogen (secondary N) is 1. The SMILES string of the molecule is COC(=O)c1ccc(CN2CCC3(CC2)CN(C(=O)Nc2ccc(F)cc2)c2ccc(F)cc23)cc1. The predicted octanol–water partition coefficient (Wildman–Crippen LogP) is 5.34. The van der Waals surface area contributed by atoms with Crippen LogP contribution in [0, 0.1) is 11.6 Å². The molecule has 186 valence electrons. The number of ether oxygens (including phenoxy) is 1. The van der Waals surface area contributed by atoms with Gasteiger partial charge in [-0.2, -0.15) is 0 Å². The summed E-state index contributed by atoms with van der Waals surface area (Å²) in [6.07, 6.45) is 1.56. The fraction of sp³-hybridized carbons (Fsp3) is 0.286. The number of likely N-dealkylation sites (tertiary alicyclic amines) is 1. The number of benzene rings is 3. The molecule has 1 fully saturated rings. The van der Waals surface area contributed by atoms with E-state index in [1.165, 1.54) is 37.4 Å². The van der Waals surface area contributed by atoms with Crippen molar-refractivity contribution in [3.05, 3.63) is 95.1 Å².